The van der Waals surface area contributed by atoms with Crippen LogP contribution in [0.5, 0.6) is 0 Å². The van der Waals surface area contributed by atoms with E-state index in [1.165, 1.54) is 0 Å². The van der Waals surface area contributed by atoms with Gasteiger partial charge in [-0.2, -0.15) is 0 Å². The Morgan fingerprint density at radius 1 is 1.71 bits per heavy atom. The number of carbonyl (C=O) groups is 1. The molecule has 4 heteroatoms. The Morgan fingerprint density at radius 2 is 2.50 bits per heavy atom. The summed E-state index contributed by atoms with van der Waals surface area (Å²) < 4.78 is 0. The van der Waals surface area contributed by atoms with Crippen LogP contribution in [0.4, 0.5) is 0 Å². The Labute approximate surface area is 87.6 Å². The molecule has 1 aromatic rings. The summed E-state index contributed by atoms with van der Waals surface area (Å²) in [7, 11) is 0. The molecule has 0 bridgehead atoms. The highest BCUT2D eigenvalue weighted by Crippen LogP contribution is 2.31. The zero-order chi connectivity index (χ0) is 10.1. The van der Waals surface area contributed by atoms with Crippen molar-refractivity contribution in [2.24, 2.45) is 0 Å². The topological polar surface area (TPSA) is 42.0 Å². The fourth-order valence-electron chi connectivity index (χ4n) is 1.90. The number of hydrogen-bond acceptors (Lipinski definition) is 3. The van der Waals surface area contributed by atoms with Crippen molar-refractivity contribution in [3.63, 3.8) is 0 Å². The largest absolute Gasteiger partial charge is 0.353 e. The van der Waals surface area contributed by atoms with Crippen LogP contribution in [-0.4, -0.2) is 16.9 Å². The minimum absolute atomic E-state index is 0.162. The van der Waals surface area contributed by atoms with Gasteiger partial charge in [0, 0.05) is 29.5 Å². The quantitative estimate of drug-likeness (QED) is 0.809. The van der Waals surface area contributed by atoms with Crippen LogP contribution in [0.1, 0.15) is 36.4 Å². The zero-order valence-electron chi connectivity index (χ0n) is 8.41. The van der Waals surface area contributed by atoms with E-state index in [0.717, 1.165) is 17.1 Å². The van der Waals surface area contributed by atoms with Gasteiger partial charge in [-0.25, -0.2) is 4.98 Å². The fraction of sp³-hybridized carbons (Fsp3) is 0.600. The van der Waals surface area contributed by atoms with Gasteiger partial charge in [-0.15, -0.1) is 11.3 Å². The molecule has 14 heavy (non-hydrogen) atoms. The van der Waals surface area contributed by atoms with Crippen molar-refractivity contribution in [3.8, 4) is 0 Å². The van der Waals surface area contributed by atoms with Crippen molar-refractivity contribution >= 4 is 17.2 Å². The first-order valence-corrected chi connectivity index (χ1v) is 5.80. The van der Waals surface area contributed by atoms with Crippen molar-refractivity contribution in [2.45, 2.75) is 38.6 Å². The lowest BCUT2D eigenvalue weighted by Gasteiger charge is -2.13. The predicted octanol–water partition coefficient (Wildman–Crippen LogP) is 1.83. The lowest BCUT2D eigenvalue weighted by atomic mass is 9.99. The average Bonchev–Trinajstić information content (AvgIpc) is 2.71. The van der Waals surface area contributed by atoms with E-state index in [1.807, 2.05) is 12.3 Å². The molecule has 0 spiro atoms. The maximum Gasteiger partial charge on any atom is 0.221 e. The van der Waals surface area contributed by atoms with E-state index in [9.17, 15) is 4.79 Å². The molecule has 2 unspecified atom stereocenters. The van der Waals surface area contributed by atoms with Gasteiger partial charge in [0.1, 0.15) is 0 Å². The highest BCUT2D eigenvalue weighted by Gasteiger charge is 2.33. The predicted molar refractivity (Wildman–Crippen MR) is 56.4 cm³/mol. The van der Waals surface area contributed by atoms with Crippen molar-refractivity contribution in [1.29, 1.82) is 0 Å². The lowest BCUT2D eigenvalue weighted by molar-refractivity contribution is -0.119. The zero-order valence-corrected chi connectivity index (χ0v) is 9.23. The molecule has 2 heterocycles. The van der Waals surface area contributed by atoms with Gasteiger partial charge in [0.15, 0.2) is 0 Å². The van der Waals surface area contributed by atoms with Gasteiger partial charge in [0.2, 0.25) is 5.91 Å². The second kappa shape index (κ2) is 3.69. The number of thiazole rings is 1. The molecule has 2 rings (SSSR count). The smallest absolute Gasteiger partial charge is 0.221 e. The summed E-state index contributed by atoms with van der Waals surface area (Å²) in [6, 6.07) is 0.285. The van der Waals surface area contributed by atoms with Crippen LogP contribution in [0, 0.1) is 6.92 Å². The normalized spacial score (nSPS) is 26.6. The molecule has 0 radical (unpaired) electrons. The van der Waals surface area contributed by atoms with E-state index >= 15 is 0 Å². The number of rotatable bonds is 2. The van der Waals surface area contributed by atoms with Crippen LogP contribution in [0.3, 0.4) is 0 Å². The van der Waals surface area contributed by atoms with Crippen molar-refractivity contribution in [2.75, 3.05) is 0 Å². The molecule has 1 N–H and O–H groups in total. The van der Waals surface area contributed by atoms with Crippen LogP contribution in [-0.2, 0) is 4.79 Å². The van der Waals surface area contributed by atoms with Gasteiger partial charge in [-0.05, 0) is 13.3 Å². The minimum Gasteiger partial charge on any atom is -0.353 e. The number of aryl methyl sites for hydroxylation is 1. The summed E-state index contributed by atoms with van der Waals surface area (Å²) in [6.45, 7) is 4.09. The van der Waals surface area contributed by atoms with E-state index < -0.39 is 0 Å². The molecule has 0 aromatic carbocycles. The van der Waals surface area contributed by atoms with E-state index in [2.05, 4.69) is 17.2 Å². The molecule has 1 aliphatic rings. The second-order valence-electron chi connectivity index (χ2n) is 3.72. The molecule has 0 saturated carbocycles. The molecule has 1 saturated heterocycles. The monoisotopic (exact) mass is 210 g/mol. The van der Waals surface area contributed by atoms with Crippen molar-refractivity contribution in [1.82, 2.24) is 10.3 Å². The number of nitrogens with one attached hydrogen (secondary N) is 1. The van der Waals surface area contributed by atoms with Crippen molar-refractivity contribution < 1.29 is 4.79 Å². The van der Waals surface area contributed by atoms with E-state index in [-0.39, 0.29) is 11.9 Å². The highest BCUT2D eigenvalue weighted by atomic mass is 32.1. The SMILES string of the molecule is CCC1NC(=O)CC1c1nc(C)cs1. The Kier molecular flexibility index (Phi) is 2.54. The highest BCUT2D eigenvalue weighted by molar-refractivity contribution is 7.09. The number of hydrogen-bond donors (Lipinski definition) is 1. The molecule has 1 aromatic heterocycles. The maximum atomic E-state index is 11.3. The molecule has 76 valence electrons. The molecule has 2 atom stereocenters. The number of aromatic nitrogens is 1. The number of nitrogens with zero attached hydrogens (tertiary/aromatic N) is 1. The molecular formula is C10H14N2OS. The van der Waals surface area contributed by atoms with Crippen LogP contribution < -0.4 is 5.32 Å². The number of amides is 1. The Morgan fingerprint density at radius 3 is 3.07 bits per heavy atom. The fourth-order valence-corrected chi connectivity index (χ4v) is 2.86. The standard InChI is InChI=1S/C10H14N2OS/c1-3-8-7(4-9(13)12-8)10-11-6(2)5-14-10/h5,7-8H,3-4H2,1-2H3,(H,12,13). The van der Waals surface area contributed by atoms with Crippen LogP contribution in [0.15, 0.2) is 5.38 Å². The summed E-state index contributed by atoms with van der Waals surface area (Å²) in [5.74, 6) is 0.459. The molecule has 3 nitrogen and oxygen atoms in total. The minimum atomic E-state index is 0.162. The van der Waals surface area contributed by atoms with E-state index in [1.54, 1.807) is 11.3 Å². The Bertz CT molecular complexity index is 348. The van der Waals surface area contributed by atoms with Crippen LogP contribution >= 0.6 is 11.3 Å². The van der Waals surface area contributed by atoms with Gasteiger partial charge < -0.3 is 5.32 Å². The summed E-state index contributed by atoms with van der Waals surface area (Å²) in [6.07, 6.45) is 1.58. The summed E-state index contributed by atoms with van der Waals surface area (Å²) in [5.41, 5.74) is 1.05. The van der Waals surface area contributed by atoms with Gasteiger partial charge in [0.05, 0.1) is 5.01 Å². The first-order valence-electron chi connectivity index (χ1n) is 4.92. The third-order valence-electron chi connectivity index (χ3n) is 2.63. The summed E-state index contributed by atoms with van der Waals surface area (Å²) in [5, 5.41) is 6.14. The van der Waals surface area contributed by atoms with Gasteiger partial charge in [0.25, 0.3) is 0 Å². The first kappa shape index (κ1) is 9.65. The molecule has 0 aliphatic carbocycles. The van der Waals surface area contributed by atoms with Crippen LogP contribution in [0.2, 0.25) is 0 Å². The molecule has 1 aliphatic heterocycles. The summed E-state index contributed by atoms with van der Waals surface area (Å²) >= 11 is 1.66. The third kappa shape index (κ3) is 1.66. The second-order valence-corrected chi connectivity index (χ2v) is 4.61. The average molecular weight is 210 g/mol. The van der Waals surface area contributed by atoms with Gasteiger partial charge in [-0.1, -0.05) is 6.92 Å². The lowest BCUT2D eigenvalue weighted by Crippen LogP contribution is -2.27. The maximum absolute atomic E-state index is 11.3. The molecule has 1 amide bonds. The van der Waals surface area contributed by atoms with E-state index in [0.29, 0.717) is 12.3 Å². The van der Waals surface area contributed by atoms with E-state index in [4.69, 9.17) is 0 Å². The number of carbonyl (C=O) groups excluding carboxylic acids is 1. The molecule has 1 fully saturated rings. The van der Waals surface area contributed by atoms with Gasteiger partial charge in [-0.3, -0.25) is 4.79 Å². The Hall–Kier alpha value is -0.900. The summed E-state index contributed by atoms with van der Waals surface area (Å²) in [4.78, 5) is 15.7. The molecular weight excluding hydrogens is 196 g/mol. The van der Waals surface area contributed by atoms with Crippen LogP contribution in [0.25, 0.3) is 0 Å². The third-order valence-corrected chi connectivity index (χ3v) is 3.73. The Balaban J connectivity index is 2.21. The van der Waals surface area contributed by atoms with Crippen molar-refractivity contribution in [3.05, 3.63) is 16.1 Å². The first-order chi connectivity index (χ1) is 6.70. The van der Waals surface area contributed by atoms with Gasteiger partial charge >= 0.3 is 0 Å².